The summed E-state index contributed by atoms with van der Waals surface area (Å²) in [5.74, 6) is -0.286. The van der Waals surface area contributed by atoms with Gasteiger partial charge in [0.15, 0.2) is 0 Å². The molecule has 1 aliphatic carbocycles. The molecule has 1 aromatic carbocycles. The van der Waals surface area contributed by atoms with Crippen LogP contribution in [-0.4, -0.2) is 6.04 Å². The predicted molar refractivity (Wildman–Crippen MR) is 65.0 cm³/mol. The Morgan fingerprint density at radius 2 is 2.31 bits per heavy atom. The zero-order valence-electron chi connectivity index (χ0n) is 9.05. The van der Waals surface area contributed by atoms with Crippen molar-refractivity contribution in [3.8, 4) is 0 Å². The van der Waals surface area contributed by atoms with Gasteiger partial charge in [-0.05, 0) is 37.0 Å². The second kappa shape index (κ2) is 5.46. The van der Waals surface area contributed by atoms with Crippen LogP contribution in [-0.2, 0) is 6.54 Å². The minimum Gasteiger partial charge on any atom is -0.306 e. The van der Waals surface area contributed by atoms with Crippen LogP contribution >= 0.6 is 11.6 Å². The molecule has 1 nitrogen and oxygen atoms in total. The highest BCUT2D eigenvalue weighted by atomic mass is 35.5. The predicted octanol–water partition coefficient (Wildman–Crippen LogP) is 3.68. The number of rotatable bonds is 3. The van der Waals surface area contributed by atoms with Gasteiger partial charge < -0.3 is 5.32 Å². The van der Waals surface area contributed by atoms with Crippen molar-refractivity contribution in [3.63, 3.8) is 0 Å². The van der Waals surface area contributed by atoms with E-state index in [-0.39, 0.29) is 5.82 Å². The lowest BCUT2D eigenvalue weighted by Crippen LogP contribution is -2.27. The van der Waals surface area contributed by atoms with Crippen molar-refractivity contribution in [2.24, 2.45) is 0 Å². The molecule has 0 fully saturated rings. The number of nitrogens with one attached hydrogen (secondary N) is 1. The zero-order valence-corrected chi connectivity index (χ0v) is 9.80. The number of hydrogen-bond donors (Lipinski definition) is 1. The van der Waals surface area contributed by atoms with Gasteiger partial charge in [-0.3, -0.25) is 0 Å². The number of halogens is 2. The van der Waals surface area contributed by atoms with Crippen molar-refractivity contribution in [1.82, 2.24) is 5.32 Å². The minimum absolute atomic E-state index is 0.286. The highest BCUT2D eigenvalue weighted by Gasteiger charge is 2.08. The van der Waals surface area contributed by atoms with Crippen LogP contribution in [0, 0.1) is 5.82 Å². The Bertz CT molecular complexity index is 390. The van der Waals surface area contributed by atoms with E-state index in [1.165, 1.54) is 25.0 Å². The summed E-state index contributed by atoms with van der Waals surface area (Å²) in [6.45, 7) is 0.689. The molecule has 0 amide bonds. The average Bonchev–Trinajstić information content (AvgIpc) is 2.29. The van der Waals surface area contributed by atoms with E-state index in [0.29, 0.717) is 17.6 Å². The quantitative estimate of drug-likeness (QED) is 0.794. The van der Waals surface area contributed by atoms with E-state index in [1.54, 1.807) is 6.07 Å². The zero-order chi connectivity index (χ0) is 11.4. The highest BCUT2D eigenvalue weighted by Crippen LogP contribution is 2.18. The van der Waals surface area contributed by atoms with Crippen molar-refractivity contribution >= 4 is 11.6 Å². The summed E-state index contributed by atoms with van der Waals surface area (Å²) < 4.78 is 12.8. The lowest BCUT2D eigenvalue weighted by Gasteiger charge is -2.18. The van der Waals surface area contributed by atoms with E-state index in [2.05, 4.69) is 17.5 Å². The van der Waals surface area contributed by atoms with E-state index < -0.39 is 0 Å². The minimum atomic E-state index is -0.286. The lowest BCUT2D eigenvalue weighted by molar-refractivity contribution is 0.522. The fraction of sp³-hybridized carbons (Fsp3) is 0.385. The van der Waals surface area contributed by atoms with Crippen LogP contribution in [0.4, 0.5) is 4.39 Å². The van der Waals surface area contributed by atoms with Gasteiger partial charge in [-0.25, -0.2) is 4.39 Å². The Labute approximate surface area is 100 Å². The average molecular weight is 240 g/mol. The summed E-state index contributed by atoms with van der Waals surface area (Å²) >= 11 is 5.95. The van der Waals surface area contributed by atoms with Gasteiger partial charge in [0, 0.05) is 17.6 Å². The van der Waals surface area contributed by atoms with Gasteiger partial charge in [0.05, 0.1) is 0 Å². The van der Waals surface area contributed by atoms with Crippen LogP contribution in [0.15, 0.2) is 30.4 Å². The monoisotopic (exact) mass is 239 g/mol. The van der Waals surface area contributed by atoms with Crippen molar-refractivity contribution in [2.45, 2.75) is 31.8 Å². The SMILES string of the molecule is Fc1ccc(CNC2C=CCCC2)c(Cl)c1. The van der Waals surface area contributed by atoms with Gasteiger partial charge in [0.25, 0.3) is 0 Å². The van der Waals surface area contributed by atoms with E-state index in [1.807, 2.05) is 0 Å². The molecule has 1 unspecified atom stereocenters. The Kier molecular flexibility index (Phi) is 3.97. The second-order valence-electron chi connectivity index (χ2n) is 4.08. The van der Waals surface area contributed by atoms with Crippen LogP contribution in [0.2, 0.25) is 5.02 Å². The highest BCUT2D eigenvalue weighted by molar-refractivity contribution is 6.31. The fourth-order valence-electron chi connectivity index (χ4n) is 1.89. The Hall–Kier alpha value is -0.860. The van der Waals surface area contributed by atoms with Gasteiger partial charge in [-0.2, -0.15) is 0 Å². The molecule has 1 N–H and O–H groups in total. The Balaban J connectivity index is 1.93. The molecule has 2 rings (SSSR count). The summed E-state index contributed by atoms with van der Waals surface area (Å²) in [5.41, 5.74) is 0.946. The maximum Gasteiger partial charge on any atom is 0.124 e. The third kappa shape index (κ3) is 3.06. The largest absolute Gasteiger partial charge is 0.306 e. The van der Waals surface area contributed by atoms with Gasteiger partial charge in [-0.15, -0.1) is 0 Å². The molecule has 3 heteroatoms. The maximum absolute atomic E-state index is 12.8. The van der Waals surface area contributed by atoms with Gasteiger partial charge in [0.2, 0.25) is 0 Å². The van der Waals surface area contributed by atoms with Crippen molar-refractivity contribution in [1.29, 1.82) is 0 Å². The molecule has 0 bridgehead atoms. The third-order valence-corrected chi connectivity index (χ3v) is 3.18. The normalized spacial score (nSPS) is 20.0. The summed E-state index contributed by atoms with van der Waals surface area (Å²) in [6.07, 6.45) is 7.96. The fourth-order valence-corrected chi connectivity index (χ4v) is 2.12. The molecule has 0 aliphatic heterocycles. The standard InChI is InChI=1S/C13H15ClFN/c14-13-8-11(15)7-6-10(13)9-16-12-4-2-1-3-5-12/h2,4,6-8,12,16H,1,3,5,9H2. The number of allylic oxidation sites excluding steroid dienone is 1. The van der Waals surface area contributed by atoms with Crippen LogP contribution in [0.3, 0.4) is 0 Å². The molecule has 1 aromatic rings. The Morgan fingerprint density at radius 1 is 1.44 bits per heavy atom. The lowest BCUT2D eigenvalue weighted by atomic mass is 10.0. The first-order valence-corrected chi connectivity index (χ1v) is 5.97. The molecule has 86 valence electrons. The van der Waals surface area contributed by atoms with Gasteiger partial charge in [0.1, 0.15) is 5.82 Å². The molecule has 0 aromatic heterocycles. The summed E-state index contributed by atoms with van der Waals surface area (Å²) in [5, 5.41) is 3.90. The summed E-state index contributed by atoms with van der Waals surface area (Å²) in [4.78, 5) is 0. The number of hydrogen-bond acceptors (Lipinski definition) is 1. The molecule has 0 saturated heterocycles. The van der Waals surface area contributed by atoms with Crippen molar-refractivity contribution < 1.29 is 4.39 Å². The van der Waals surface area contributed by atoms with E-state index in [4.69, 9.17) is 11.6 Å². The molecule has 0 radical (unpaired) electrons. The Morgan fingerprint density at radius 3 is 3.00 bits per heavy atom. The summed E-state index contributed by atoms with van der Waals surface area (Å²) in [6, 6.07) is 4.96. The van der Waals surface area contributed by atoms with E-state index in [0.717, 1.165) is 12.0 Å². The smallest absolute Gasteiger partial charge is 0.124 e. The maximum atomic E-state index is 12.8. The molecule has 0 saturated carbocycles. The first-order chi connectivity index (χ1) is 7.75. The van der Waals surface area contributed by atoms with E-state index >= 15 is 0 Å². The molecule has 0 heterocycles. The molecule has 1 atom stereocenters. The molecule has 16 heavy (non-hydrogen) atoms. The molecule has 1 aliphatic rings. The third-order valence-electron chi connectivity index (χ3n) is 2.82. The van der Waals surface area contributed by atoms with Crippen molar-refractivity contribution in [3.05, 3.63) is 46.8 Å². The van der Waals surface area contributed by atoms with Crippen LogP contribution in [0.25, 0.3) is 0 Å². The first-order valence-electron chi connectivity index (χ1n) is 5.59. The first kappa shape index (κ1) is 11.6. The topological polar surface area (TPSA) is 12.0 Å². The number of benzene rings is 1. The molecule has 0 spiro atoms. The van der Waals surface area contributed by atoms with Crippen LogP contribution in [0.1, 0.15) is 24.8 Å². The van der Waals surface area contributed by atoms with Crippen molar-refractivity contribution in [2.75, 3.05) is 0 Å². The summed E-state index contributed by atoms with van der Waals surface area (Å²) in [7, 11) is 0. The van der Waals surface area contributed by atoms with Crippen LogP contribution < -0.4 is 5.32 Å². The van der Waals surface area contributed by atoms with Crippen LogP contribution in [0.5, 0.6) is 0 Å². The molecular formula is C13H15ClFN. The van der Waals surface area contributed by atoms with Gasteiger partial charge in [-0.1, -0.05) is 29.8 Å². The van der Waals surface area contributed by atoms with E-state index in [9.17, 15) is 4.39 Å². The molecular weight excluding hydrogens is 225 g/mol. The second-order valence-corrected chi connectivity index (χ2v) is 4.49. The van der Waals surface area contributed by atoms with Gasteiger partial charge >= 0.3 is 0 Å².